The van der Waals surface area contributed by atoms with Crippen molar-refractivity contribution in [2.75, 3.05) is 63.9 Å². The van der Waals surface area contributed by atoms with E-state index in [9.17, 15) is 24.3 Å². The maximum absolute atomic E-state index is 13.8. The number of anilines is 1. The summed E-state index contributed by atoms with van der Waals surface area (Å²) in [7, 11) is 0. The summed E-state index contributed by atoms with van der Waals surface area (Å²) < 4.78 is 5.36. The second-order valence-electron chi connectivity index (χ2n) is 12.3. The quantitative estimate of drug-likeness (QED) is 0.244. The van der Waals surface area contributed by atoms with Crippen molar-refractivity contribution in [3.8, 4) is 11.3 Å². The van der Waals surface area contributed by atoms with Crippen LogP contribution >= 0.6 is 0 Å². The molecule has 2 fully saturated rings. The second kappa shape index (κ2) is 18.2. The average Bonchev–Trinajstić information content (AvgIpc) is 3.11. The van der Waals surface area contributed by atoms with Crippen LogP contribution in [0.5, 0.6) is 0 Å². The van der Waals surface area contributed by atoms with Crippen LogP contribution in [0, 0.1) is 5.92 Å². The van der Waals surface area contributed by atoms with Crippen LogP contribution in [0.15, 0.2) is 42.5 Å². The van der Waals surface area contributed by atoms with E-state index in [0.717, 1.165) is 69.5 Å². The molecule has 2 aliphatic rings. The highest BCUT2D eigenvalue weighted by molar-refractivity contribution is 5.97. The number of rotatable bonds is 15. The van der Waals surface area contributed by atoms with Crippen LogP contribution in [0.25, 0.3) is 11.3 Å². The monoisotopic (exact) mass is 650 g/mol. The number of carbonyl (C=O) groups excluding carboxylic acids is 3. The van der Waals surface area contributed by atoms with Gasteiger partial charge in [-0.1, -0.05) is 57.0 Å². The van der Waals surface area contributed by atoms with Gasteiger partial charge in [-0.2, -0.15) is 0 Å². The number of unbranched alkanes of at least 4 members (excludes halogenated alkanes) is 2. The lowest BCUT2D eigenvalue weighted by Crippen LogP contribution is -2.56. The summed E-state index contributed by atoms with van der Waals surface area (Å²) in [6, 6.07) is 12.3. The highest BCUT2D eigenvalue weighted by atomic mass is 16.6. The van der Waals surface area contributed by atoms with E-state index in [1.165, 1.54) is 0 Å². The first-order chi connectivity index (χ1) is 22.8. The molecule has 12 heteroatoms. The van der Waals surface area contributed by atoms with Gasteiger partial charge in [-0.05, 0) is 56.8 Å². The summed E-state index contributed by atoms with van der Waals surface area (Å²) in [5.41, 5.74) is 2.57. The van der Waals surface area contributed by atoms with Crippen molar-refractivity contribution in [2.45, 2.75) is 64.8 Å². The number of carboxylic acids is 1. The number of amides is 3. The van der Waals surface area contributed by atoms with Gasteiger partial charge in [-0.25, -0.2) is 9.78 Å². The molecule has 3 heterocycles. The number of piperidine rings is 1. The number of piperazine rings is 1. The van der Waals surface area contributed by atoms with Crippen LogP contribution in [-0.4, -0.2) is 109 Å². The van der Waals surface area contributed by atoms with Crippen molar-refractivity contribution in [1.29, 1.82) is 0 Å². The molecule has 1 aromatic carbocycles. The number of nitrogens with zero attached hydrogens (tertiary/aromatic N) is 4. The van der Waals surface area contributed by atoms with Crippen molar-refractivity contribution in [2.24, 2.45) is 5.92 Å². The maximum Gasteiger partial charge on any atom is 0.409 e. The van der Waals surface area contributed by atoms with Crippen molar-refractivity contribution >= 4 is 29.6 Å². The molecule has 47 heavy (non-hydrogen) atoms. The summed E-state index contributed by atoms with van der Waals surface area (Å²) in [6.07, 6.45) is 4.15. The standard InChI is InChI=1S/C35H50N6O6/c1-3-5-9-22-47-35(46)41-20-18-40(19-21-41)34(45)29(12-13-32(42)43)38-33(44)31-24-28(23-30(37-31)27-10-7-6-8-11-27)39-16-14-26(15-17-39)25-36-4-2/h6-8,10-11,23-24,26,29,36H,3-5,9,12-22,25H2,1-2H3,(H,38,44)(H,42,43)/t29-/m0/s1. The fourth-order valence-electron chi connectivity index (χ4n) is 6.01. The molecule has 0 bridgehead atoms. The van der Waals surface area contributed by atoms with E-state index in [4.69, 9.17) is 9.72 Å². The number of ether oxygens (including phenoxy) is 1. The third-order valence-electron chi connectivity index (χ3n) is 8.85. The Labute approximate surface area is 277 Å². The van der Waals surface area contributed by atoms with E-state index in [0.29, 0.717) is 31.3 Å². The highest BCUT2D eigenvalue weighted by Gasteiger charge is 2.31. The second-order valence-corrected chi connectivity index (χ2v) is 12.3. The molecule has 12 nitrogen and oxygen atoms in total. The van der Waals surface area contributed by atoms with E-state index in [2.05, 4.69) is 29.4 Å². The van der Waals surface area contributed by atoms with E-state index in [1.807, 2.05) is 36.4 Å². The summed E-state index contributed by atoms with van der Waals surface area (Å²) >= 11 is 0. The van der Waals surface area contributed by atoms with Crippen molar-refractivity contribution in [3.05, 3.63) is 48.2 Å². The molecule has 2 aliphatic heterocycles. The summed E-state index contributed by atoms with van der Waals surface area (Å²) in [4.78, 5) is 61.5. The predicted molar refractivity (Wildman–Crippen MR) is 180 cm³/mol. The van der Waals surface area contributed by atoms with Gasteiger partial charge in [0, 0.05) is 56.9 Å². The lowest BCUT2D eigenvalue weighted by molar-refractivity contribution is -0.138. The van der Waals surface area contributed by atoms with Crippen LogP contribution in [0.4, 0.5) is 10.5 Å². The molecule has 1 atom stereocenters. The first-order valence-corrected chi connectivity index (χ1v) is 17.0. The fraction of sp³-hybridized carbons (Fsp3) is 0.571. The predicted octanol–water partition coefficient (Wildman–Crippen LogP) is 4.01. The molecule has 0 unspecified atom stereocenters. The number of pyridine rings is 1. The normalized spacial score (nSPS) is 16.1. The Balaban J connectivity index is 1.47. The van der Waals surface area contributed by atoms with Gasteiger partial charge in [0.15, 0.2) is 0 Å². The molecule has 1 aromatic heterocycles. The third-order valence-corrected chi connectivity index (χ3v) is 8.85. The number of hydrogen-bond donors (Lipinski definition) is 3. The van der Waals surface area contributed by atoms with Crippen LogP contribution in [0.2, 0.25) is 0 Å². The minimum absolute atomic E-state index is 0.0653. The Hall–Kier alpha value is -4.19. The zero-order chi connectivity index (χ0) is 33.6. The Morgan fingerprint density at radius 3 is 2.32 bits per heavy atom. The van der Waals surface area contributed by atoms with Gasteiger partial charge in [-0.15, -0.1) is 0 Å². The third kappa shape index (κ3) is 10.7. The van der Waals surface area contributed by atoms with Gasteiger partial charge in [0.05, 0.1) is 12.3 Å². The molecule has 0 radical (unpaired) electrons. The smallest absolute Gasteiger partial charge is 0.409 e. The Kier molecular flexibility index (Phi) is 13.8. The number of benzene rings is 1. The largest absolute Gasteiger partial charge is 0.481 e. The van der Waals surface area contributed by atoms with E-state index >= 15 is 0 Å². The molecule has 2 aromatic rings. The summed E-state index contributed by atoms with van der Waals surface area (Å²) in [6.45, 7) is 9.33. The van der Waals surface area contributed by atoms with Crippen LogP contribution < -0.4 is 15.5 Å². The van der Waals surface area contributed by atoms with Crippen molar-refractivity contribution in [3.63, 3.8) is 0 Å². The van der Waals surface area contributed by atoms with Gasteiger partial charge >= 0.3 is 12.1 Å². The van der Waals surface area contributed by atoms with Crippen molar-refractivity contribution < 1.29 is 29.0 Å². The van der Waals surface area contributed by atoms with Crippen LogP contribution in [0.3, 0.4) is 0 Å². The lowest BCUT2D eigenvalue weighted by atomic mass is 9.96. The molecule has 0 spiro atoms. The summed E-state index contributed by atoms with van der Waals surface area (Å²) in [5.74, 6) is -1.37. The van der Waals surface area contributed by atoms with E-state index < -0.39 is 24.0 Å². The number of aromatic nitrogens is 1. The molecule has 0 aliphatic carbocycles. The SMILES string of the molecule is CCCCCOC(=O)N1CCN(C(=O)[C@H](CCC(=O)O)NC(=O)c2cc(N3CCC(CNCC)CC3)cc(-c3ccccc3)n2)CC1. The van der Waals surface area contributed by atoms with Gasteiger partial charge in [0.2, 0.25) is 5.91 Å². The first-order valence-electron chi connectivity index (χ1n) is 17.0. The van der Waals surface area contributed by atoms with E-state index in [1.54, 1.807) is 15.9 Å². The topological polar surface area (TPSA) is 144 Å². The van der Waals surface area contributed by atoms with Crippen LogP contribution in [0.1, 0.15) is 69.3 Å². The molecule has 3 N–H and O–H groups in total. The highest BCUT2D eigenvalue weighted by Crippen LogP contribution is 2.28. The number of hydrogen-bond acceptors (Lipinski definition) is 8. The Morgan fingerprint density at radius 2 is 1.66 bits per heavy atom. The number of carboxylic acid groups (broad SMARTS) is 1. The molecule has 0 saturated carbocycles. The van der Waals surface area contributed by atoms with Gasteiger partial charge in [0.1, 0.15) is 11.7 Å². The number of nitrogens with one attached hydrogen (secondary N) is 2. The maximum atomic E-state index is 13.8. The van der Waals surface area contributed by atoms with Crippen molar-refractivity contribution in [1.82, 2.24) is 25.4 Å². The van der Waals surface area contributed by atoms with Gasteiger partial charge in [0.25, 0.3) is 5.91 Å². The zero-order valence-electron chi connectivity index (χ0n) is 27.8. The van der Waals surface area contributed by atoms with Crippen LogP contribution in [-0.2, 0) is 14.3 Å². The molecule has 256 valence electrons. The minimum atomic E-state index is -1.06. The molecular formula is C35H50N6O6. The number of carbonyl (C=O) groups is 4. The minimum Gasteiger partial charge on any atom is -0.481 e. The Bertz CT molecular complexity index is 1330. The molecule has 2 saturated heterocycles. The Morgan fingerprint density at radius 1 is 0.957 bits per heavy atom. The zero-order valence-corrected chi connectivity index (χ0v) is 27.8. The molecule has 4 rings (SSSR count). The fourth-order valence-corrected chi connectivity index (χ4v) is 6.01. The first kappa shape index (κ1) is 35.7. The average molecular weight is 651 g/mol. The molecule has 3 amide bonds. The molecular weight excluding hydrogens is 600 g/mol. The van der Waals surface area contributed by atoms with Gasteiger partial charge in [-0.3, -0.25) is 14.4 Å². The lowest BCUT2D eigenvalue weighted by Gasteiger charge is -2.36. The van der Waals surface area contributed by atoms with Gasteiger partial charge < -0.3 is 35.2 Å². The van der Waals surface area contributed by atoms with E-state index in [-0.39, 0.29) is 37.5 Å². The summed E-state index contributed by atoms with van der Waals surface area (Å²) in [5, 5.41) is 15.6. The number of aliphatic carboxylic acids is 1.